The quantitative estimate of drug-likeness (QED) is 0.0132. The van der Waals surface area contributed by atoms with Crippen LogP contribution in [0.2, 0.25) is 0 Å². The highest BCUT2D eigenvalue weighted by molar-refractivity contribution is 7.47. The van der Waals surface area contributed by atoms with Crippen molar-refractivity contribution in [2.75, 3.05) is 19.8 Å². The lowest BCUT2D eigenvalue weighted by atomic mass is 9.85. The van der Waals surface area contributed by atoms with Crippen LogP contribution >= 0.6 is 7.82 Å². The molecule has 0 spiro atoms. The van der Waals surface area contributed by atoms with Crippen molar-refractivity contribution in [3.63, 3.8) is 0 Å². The normalized spacial score (nSPS) is 22.1. The van der Waals surface area contributed by atoms with Gasteiger partial charge in [0.2, 0.25) is 0 Å². The second-order valence-corrected chi connectivity index (χ2v) is 17.7. The molecule has 1 fully saturated rings. The molecule has 1 aliphatic rings. The van der Waals surface area contributed by atoms with E-state index in [1.807, 2.05) is 12.2 Å². The standard InChI is InChI=1S/C51H83O14P/c1-2-3-4-5-6-7-8-9-10-11-12-14-17-20-23-26-29-32-35-38-44(53)62-41-43(42-63-66(60,61)65-51-49(58)47(56)46(55)48(57)50(51)59)64-45(54)39-36-33-30-27-24-21-18-15-13-16-19-22-25-28-31-34-37-40-52/h6-7,9-10,12-14,16,18,20-23,25,27,30,43,46-52,55-59H,2-5,8,11,15,17,19,24,26,28-29,31-42H2,1H3,(H,60,61)/b7-6-,10-9-,14-12-,16-13-,21-18-,23-20-,25-22-,30-27-/t43-,46?,47-,48+,49-,50-,51?/m1/s1. The summed E-state index contributed by atoms with van der Waals surface area (Å²) in [6.45, 7) is 1.19. The van der Waals surface area contributed by atoms with E-state index in [0.29, 0.717) is 19.3 Å². The van der Waals surface area contributed by atoms with Crippen molar-refractivity contribution in [1.29, 1.82) is 0 Å². The summed E-state index contributed by atoms with van der Waals surface area (Å²) in [5.74, 6) is -1.23. The first kappa shape index (κ1) is 60.7. The summed E-state index contributed by atoms with van der Waals surface area (Å²) < 4.78 is 33.5. The van der Waals surface area contributed by atoms with Gasteiger partial charge in [0.15, 0.2) is 6.10 Å². The molecular weight excluding hydrogens is 868 g/mol. The molecule has 66 heavy (non-hydrogen) atoms. The summed E-state index contributed by atoms with van der Waals surface area (Å²) in [7, 11) is -5.16. The predicted octanol–water partition coefficient (Wildman–Crippen LogP) is 8.81. The molecule has 8 atom stereocenters. The number of ether oxygens (including phenoxy) is 2. The highest BCUT2D eigenvalue weighted by Crippen LogP contribution is 2.47. The lowest BCUT2D eigenvalue weighted by Gasteiger charge is -2.41. The van der Waals surface area contributed by atoms with Crippen LogP contribution in [0.3, 0.4) is 0 Å². The van der Waals surface area contributed by atoms with Gasteiger partial charge in [0, 0.05) is 19.4 Å². The number of carbonyl (C=O) groups is 2. The highest BCUT2D eigenvalue weighted by atomic mass is 31.2. The molecule has 0 aliphatic heterocycles. The molecule has 3 unspecified atom stereocenters. The van der Waals surface area contributed by atoms with Crippen molar-refractivity contribution in [2.45, 2.75) is 191 Å². The number of phosphoric ester groups is 1. The lowest BCUT2D eigenvalue weighted by Crippen LogP contribution is -2.64. The Kier molecular flexibility index (Phi) is 37.5. The third-order valence-electron chi connectivity index (χ3n) is 10.5. The van der Waals surface area contributed by atoms with E-state index in [-0.39, 0.29) is 19.4 Å². The Hall–Kier alpha value is -3.27. The molecule has 0 aromatic heterocycles. The number of phosphoric acid groups is 1. The zero-order valence-corrected chi connectivity index (χ0v) is 40.3. The van der Waals surface area contributed by atoms with E-state index < -0.39 is 75.7 Å². The van der Waals surface area contributed by atoms with E-state index in [1.54, 1.807) is 0 Å². The van der Waals surface area contributed by atoms with E-state index in [0.717, 1.165) is 89.9 Å². The summed E-state index contributed by atoms with van der Waals surface area (Å²) in [4.78, 5) is 35.7. The van der Waals surface area contributed by atoms with Crippen LogP contribution in [0.5, 0.6) is 0 Å². The Morgan fingerprint density at radius 1 is 0.500 bits per heavy atom. The summed E-state index contributed by atoms with van der Waals surface area (Å²) in [5.41, 5.74) is 0. The van der Waals surface area contributed by atoms with Gasteiger partial charge in [-0.1, -0.05) is 130 Å². The smallest absolute Gasteiger partial charge is 0.462 e. The number of aliphatic hydroxyl groups excluding tert-OH is 6. The molecule has 14 nitrogen and oxygen atoms in total. The maximum Gasteiger partial charge on any atom is 0.472 e. The SMILES string of the molecule is CCCCC/C=C\C/C=C\C/C=C\C/C=C\CCCCCC(=O)OC[C@H](COP(=O)(O)OC1[C@H](O)[C@H](O)C(O)[C@H](O)[C@H]1O)OC(=O)CCC/C=C\C/C=C\C/C=C\C/C=C\CCCCCO. The van der Waals surface area contributed by atoms with Crippen molar-refractivity contribution in [3.8, 4) is 0 Å². The molecule has 1 saturated carbocycles. The van der Waals surface area contributed by atoms with Gasteiger partial charge in [-0.15, -0.1) is 0 Å². The average Bonchev–Trinajstić information content (AvgIpc) is 3.30. The first-order chi connectivity index (χ1) is 31.9. The van der Waals surface area contributed by atoms with Crippen LogP contribution in [0, 0.1) is 0 Å². The molecule has 0 saturated heterocycles. The second kappa shape index (κ2) is 40.8. The van der Waals surface area contributed by atoms with E-state index in [9.17, 15) is 44.6 Å². The third-order valence-corrected chi connectivity index (χ3v) is 11.4. The van der Waals surface area contributed by atoms with Crippen LogP contribution in [-0.2, 0) is 32.7 Å². The number of allylic oxidation sites excluding steroid dienone is 16. The first-order valence-corrected chi connectivity index (χ1v) is 25.6. The minimum atomic E-state index is -5.16. The highest BCUT2D eigenvalue weighted by Gasteiger charge is 2.51. The molecule has 376 valence electrons. The molecule has 0 radical (unpaired) electrons. The zero-order valence-electron chi connectivity index (χ0n) is 39.4. The van der Waals surface area contributed by atoms with Crippen molar-refractivity contribution >= 4 is 19.8 Å². The fourth-order valence-electron chi connectivity index (χ4n) is 6.54. The molecule has 0 aromatic rings. The monoisotopic (exact) mass is 951 g/mol. The Bertz CT molecular complexity index is 1520. The number of unbranched alkanes of at least 4 members (excludes halogenated alkanes) is 10. The Morgan fingerprint density at radius 3 is 1.35 bits per heavy atom. The van der Waals surface area contributed by atoms with Gasteiger partial charge in [-0.25, -0.2) is 4.57 Å². The fraction of sp³-hybridized carbons (Fsp3) is 0.647. The molecule has 1 rings (SSSR count). The van der Waals surface area contributed by atoms with Crippen molar-refractivity contribution in [3.05, 3.63) is 97.2 Å². The third kappa shape index (κ3) is 32.4. The van der Waals surface area contributed by atoms with E-state index in [4.69, 9.17) is 23.6 Å². The average molecular weight is 951 g/mol. The topological polar surface area (TPSA) is 230 Å². The van der Waals surface area contributed by atoms with Gasteiger partial charge in [0.1, 0.15) is 43.2 Å². The van der Waals surface area contributed by atoms with Crippen LogP contribution in [0.4, 0.5) is 0 Å². The zero-order chi connectivity index (χ0) is 48.5. The Balaban J connectivity index is 2.51. The molecule has 7 N–H and O–H groups in total. The van der Waals surface area contributed by atoms with Crippen molar-refractivity contribution in [1.82, 2.24) is 0 Å². The molecule has 0 amide bonds. The van der Waals surface area contributed by atoms with Crippen LogP contribution in [-0.4, -0.2) is 110 Å². The number of aliphatic hydroxyl groups is 6. The largest absolute Gasteiger partial charge is 0.472 e. The first-order valence-electron chi connectivity index (χ1n) is 24.1. The van der Waals surface area contributed by atoms with Gasteiger partial charge >= 0.3 is 19.8 Å². The summed E-state index contributed by atoms with van der Waals surface area (Å²) in [6.07, 6.45) is 39.0. The van der Waals surface area contributed by atoms with Gasteiger partial charge in [-0.2, -0.15) is 0 Å². The van der Waals surface area contributed by atoms with Crippen LogP contribution in [0.1, 0.15) is 148 Å². The van der Waals surface area contributed by atoms with Crippen LogP contribution in [0.25, 0.3) is 0 Å². The van der Waals surface area contributed by atoms with Gasteiger partial charge in [-0.05, 0) is 103 Å². The minimum absolute atomic E-state index is 0.00217. The molecule has 0 bridgehead atoms. The maximum absolute atomic E-state index is 12.8. The van der Waals surface area contributed by atoms with Gasteiger partial charge in [-0.3, -0.25) is 18.6 Å². The number of esters is 2. The van der Waals surface area contributed by atoms with Gasteiger partial charge < -0.3 is 45.0 Å². The molecule has 15 heteroatoms. The van der Waals surface area contributed by atoms with Gasteiger partial charge in [0.25, 0.3) is 0 Å². The second-order valence-electron chi connectivity index (χ2n) is 16.3. The summed E-state index contributed by atoms with van der Waals surface area (Å²) in [6, 6.07) is 0. The number of hydrogen-bond donors (Lipinski definition) is 7. The molecule has 0 aromatic carbocycles. The number of hydrogen-bond acceptors (Lipinski definition) is 13. The van der Waals surface area contributed by atoms with E-state index >= 15 is 0 Å². The predicted molar refractivity (Wildman–Crippen MR) is 259 cm³/mol. The minimum Gasteiger partial charge on any atom is -0.462 e. The van der Waals surface area contributed by atoms with Gasteiger partial charge in [0.05, 0.1) is 6.61 Å². The summed E-state index contributed by atoms with van der Waals surface area (Å²) in [5, 5.41) is 59.0. The fourth-order valence-corrected chi connectivity index (χ4v) is 7.51. The molecular formula is C51H83O14P. The van der Waals surface area contributed by atoms with E-state index in [1.165, 1.54) is 19.3 Å². The Morgan fingerprint density at radius 2 is 0.894 bits per heavy atom. The molecule has 1 aliphatic carbocycles. The lowest BCUT2D eigenvalue weighted by molar-refractivity contribution is -0.220. The maximum atomic E-state index is 12.8. The van der Waals surface area contributed by atoms with Crippen LogP contribution < -0.4 is 0 Å². The number of rotatable bonds is 39. The van der Waals surface area contributed by atoms with Crippen molar-refractivity contribution in [2.24, 2.45) is 0 Å². The Labute approximate surface area is 394 Å². The molecule has 0 heterocycles. The van der Waals surface area contributed by atoms with Crippen LogP contribution in [0.15, 0.2) is 97.2 Å². The van der Waals surface area contributed by atoms with Crippen molar-refractivity contribution < 1.29 is 68.2 Å². The number of carbonyl (C=O) groups excluding carboxylic acids is 2. The van der Waals surface area contributed by atoms with E-state index in [2.05, 4.69) is 92.0 Å². The summed E-state index contributed by atoms with van der Waals surface area (Å²) >= 11 is 0.